The van der Waals surface area contributed by atoms with Gasteiger partial charge in [-0.05, 0) is 19.1 Å². The number of carbonyl (C=O) groups is 1. The van der Waals surface area contributed by atoms with Gasteiger partial charge in [0.1, 0.15) is 5.82 Å². The van der Waals surface area contributed by atoms with Gasteiger partial charge in [0.15, 0.2) is 23.1 Å². The lowest BCUT2D eigenvalue weighted by Crippen LogP contribution is -2.10. The minimum absolute atomic E-state index is 0.0625. The molecule has 6 nitrogen and oxygen atoms in total. The van der Waals surface area contributed by atoms with Crippen molar-refractivity contribution >= 4 is 29.5 Å². The van der Waals surface area contributed by atoms with E-state index < -0.39 is 11.8 Å². The molecule has 0 amide bonds. The molecule has 0 aliphatic rings. The fourth-order valence-electron chi connectivity index (χ4n) is 1.99. The molecule has 0 saturated heterocycles. The van der Waals surface area contributed by atoms with E-state index in [0.29, 0.717) is 0 Å². The summed E-state index contributed by atoms with van der Waals surface area (Å²) in [6, 6.07) is 2.73. The van der Waals surface area contributed by atoms with Crippen LogP contribution >= 0.6 is 11.6 Å². The number of nitrogen functional groups attached to an aromatic ring is 1. The lowest BCUT2D eigenvalue weighted by atomic mass is 10.1. The zero-order valence-corrected chi connectivity index (χ0v) is 13.1. The van der Waals surface area contributed by atoms with Crippen LogP contribution in [0.1, 0.15) is 23.0 Å². The summed E-state index contributed by atoms with van der Waals surface area (Å²) in [5.74, 6) is -2.51. The van der Waals surface area contributed by atoms with Crippen molar-refractivity contribution in [1.29, 1.82) is 0 Å². The number of rotatable bonds is 4. The Hall–Kier alpha value is -2.67. The largest absolute Gasteiger partial charge is 0.492 e. The molecule has 1 aromatic carbocycles. The fraction of sp³-hybridized carbons (Fsp3) is 0.133. The SMILES string of the molecule is CC=Cc1c(N)nc(-c2ccc(Cl)c(OC)c2F)nc1C(=O)O. The molecule has 1 heterocycles. The molecule has 1 aromatic heterocycles. The summed E-state index contributed by atoms with van der Waals surface area (Å²) in [4.78, 5) is 19.3. The number of nitrogens with two attached hydrogens (primary N) is 1. The highest BCUT2D eigenvalue weighted by Crippen LogP contribution is 2.34. The number of carboxylic acids is 1. The number of hydrogen-bond donors (Lipinski definition) is 2. The van der Waals surface area contributed by atoms with Crippen molar-refractivity contribution in [3.8, 4) is 17.1 Å². The first kappa shape index (κ1) is 16.7. The Bertz CT molecular complexity index is 809. The lowest BCUT2D eigenvalue weighted by Gasteiger charge is -2.11. The molecule has 0 fully saturated rings. The zero-order chi connectivity index (χ0) is 17.1. The van der Waals surface area contributed by atoms with Crippen LogP contribution in [-0.4, -0.2) is 28.2 Å². The maximum absolute atomic E-state index is 14.4. The molecule has 0 aliphatic heterocycles. The molecular formula is C15H13ClFN3O3. The maximum Gasteiger partial charge on any atom is 0.355 e. The number of ether oxygens (including phenoxy) is 1. The van der Waals surface area contributed by atoms with Crippen molar-refractivity contribution in [3.63, 3.8) is 0 Å². The highest BCUT2D eigenvalue weighted by Gasteiger charge is 2.21. The Kier molecular flexibility index (Phi) is 4.80. The van der Waals surface area contributed by atoms with E-state index in [2.05, 4.69) is 9.97 Å². The summed E-state index contributed by atoms with van der Waals surface area (Å²) in [5.41, 5.74) is 5.56. The van der Waals surface area contributed by atoms with E-state index in [1.165, 1.54) is 25.3 Å². The molecule has 0 bridgehead atoms. The van der Waals surface area contributed by atoms with Crippen LogP contribution in [0, 0.1) is 5.82 Å². The average molecular weight is 338 g/mol. The summed E-state index contributed by atoms with van der Waals surface area (Å²) in [7, 11) is 1.26. The third kappa shape index (κ3) is 3.09. The number of aromatic carboxylic acids is 1. The van der Waals surface area contributed by atoms with Gasteiger partial charge in [0.05, 0.1) is 17.7 Å². The highest BCUT2D eigenvalue weighted by atomic mass is 35.5. The first-order chi connectivity index (χ1) is 10.9. The van der Waals surface area contributed by atoms with E-state index in [1.54, 1.807) is 13.0 Å². The van der Waals surface area contributed by atoms with Crippen LogP contribution in [0.15, 0.2) is 18.2 Å². The summed E-state index contributed by atoms with van der Waals surface area (Å²) < 4.78 is 19.3. The third-order valence-corrected chi connectivity index (χ3v) is 3.30. The summed E-state index contributed by atoms with van der Waals surface area (Å²) in [6.07, 6.45) is 3.08. The van der Waals surface area contributed by atoms with Crippen molar-refractivity contribution < 1.29 is 19.0 Å². The molecular weight excluding hydrogens is 325 g/mol. The Labute approximate surface area is 136 Å². The number of aromatic nitrogens is 2. The molecule has 2 rings (SSSR count). The van der Waals surface area contributed by atoms with E-state index in [-0.39, 0.29) is 39.2 Å². The van der Waals surface area contributed by atoms with Crippen LogP contribution in [0.3, 0.4) is 0 Å². The van der Waals surface area contributed by atoms with Crippen LogP contribution < -0.4 is 10.5 Å². The van der Waals surface area contributed by atoms with Gasteiger partial charge in [0, 0.05) is 5.56 Å². The molecule has 8 heteroatoms. The van der Waals surface area contributed by atoms with E-state index in [1.807, 2.05) is 0 Å². The minimum Gasteiger partial charge on any atom is -0.492 e. The number of benzene rings is 1. The van der Waals surface area contributed by atoms with Crippen molar-refractivity contribution in [1.82, 2.24) is 9.97 Å². The van der Waals surface area contributed by atoms with Crippen molar-refractivity contribution in [2.45, 2.75) is 6.92 Å². The molecule has 0 radical (unpaired) electrons. The molecule has 0 aliphatic carbocycles. The summed E-state index contributed by atoms with van der Waals surface area (Å²) >= 11 is 5.83. The van der Waals surface area contributed by atoms with Gasteiger partial charge in [-0.3, -0.25) is 0 Å². The van der Waals surface area contributed by atoms with Crippen LogP contribution in [0.2, 0.25) is 5.02 Å². The fourth-order valence-corrected chi connectivity index (χ4v) is 2.22. The number of nitrogens with zero attached hydrogens (tertiary/aromatic N) is 2. The molecule has 120 valence electrons. The van der Waals surface area contributed by atoms with Gasteiger partial charge >= 0.3 is 5.97 Å². The predicted molar refractivity (Wildman–Crippen MR) is 85.1 cm³/mol. The third-order valence-electron chi connectivity index (χ3n) is 3.01. The topological polar surface area (TPSA) is 98.3 Å². The predicted octanol–water partition coefficient (Wildman–Crippen LogP) is 3.26. The van der Waals surface area contributed by atoms with Gasteiger partial charge < -0.3 is 15.6 Å². The Morgan fingerprint density at radius 2 is 2.13 bits per heavy atom. The van der Waals surface area contributed by atoms with E-state index in [9.17, 15) is 14.3 Å². The summed E-state index contributed by atoms with van der Waals surface area (Å²) in [6.45, 7) is 1.70. The molecule has 0 saturated carbocycles. The number of allylic oxidation sites excluding steroid dienone is 1. The quantitative estimate of drug-likeness (QED) is 0.888. The lowest BCUT2D eigenvalue weighted by molar-refractivity contribution is 0.0690. The highest BCUT2D eigenvalue weighted by molar-refractivity contribution is 6.32. The monoisotopic (exact) mass is 337 g/mol. The molecule has 23 heavy (non-hydrogen) atoms. The summed E-state index contributed by atoms with van der Waals surface area (Å²) in [5, 5.41) is 9.36. The van der Waals surface area contributed by atoms with Gasteiger partial charge in [-0.2, -0.15) is 0 Å². The molecule has 2 aromatic rings. The first-order valence-electron chi connectivity index (χ1n) is 6.46. The van der Waals surface area contributed by atoms with Gasteiger partial charge in [-0.25, -0.2) is 19.2 Å². The van der Waals surface area contributed by atoms with E-state index >= 15 is 0 Å². The second-order valence-corrected chi connectivity index (χ2v) is 4.85. The smallest absolute Gasteiger partial charge is 0.355 e. The van der Waals surface area contributed by atoms with Crippen molar-refractivity contribution in [2.75, 3.05) is 12.8 Å². The van der Waals surface area contributed by atoms with Gasteiger partial charge in [-0.1, -0.05) is 23.8 Å². The van der Waals surface area contributed by atoms with E-state index in [4.69, 9.17) is 22.1 Å². The minimum atomic E-state index is -1.30. The molecule has 0 atom stereocenters. The number of halogens is 2. The Morgan fingerprint density at radius 3 is 2.70 bits per heavy atom. The van der Waals surface area contributed by atoms with Gasteiger partial charge in [0.2, 0.25) is 0 Å². The second-order valence-electron chi connectivity index (χ2n) is 4.44. The van der Waals surface area contributed by atoms with Crippen LogP contribution in [0.25, 0.3) is 17.5 Å². The van der Waals surface area contributed by atoms with E-state index in [0.717, 1.165) is 0 Å². The second kappa shape index (κ2) is 6.62. The van der Waals surface area contributed by atoms with Crippen molar-refractivity contribution in [3.05, 3.63) is 40.3 Å². The number of methoxy groups -OCH3 is 1. The number of carboxylic acid groups (broad SMARTS) is 1. The first-order valence-corrected chi connectivity index (χ1v) is 6.84. The maximum atomic E-state index is 14.4. The molecule has 3 N–H and O–H groups in total. The van der Waals surface area contributed by atoms with Crippen LogP contribution in [0.5, 0.6) is 5.75 Å². The Morgan fingerprint density at radius 1 is 1.43 bits per heavy atom. The van der Waals surface area contributed by atoms with Crippen molar-refractivity contribution in [2.24, 2.45) is 0 Å². The normalized spacial score (nSPS) is 11.0. The Balaban J connectivity index is 2.73. The zero-order valence-electron chi connectivity index (χ0n) is 12.3. The van der Waals surface area contributed by atoms with Crippen LogP contribution in [-0.2, 0) is 0 Å². The van der Waals surface area contributed by atoms with Crippen LogP contribution in [0.4, 0.5) is 10.2 Å². The number of anilines is 1. The molecule has 0 unspecified atom stereocenters. The number of hydrogen-bond acceptors (Lipinski definition) is 5. The average Bonchev–Trinajstić information content (AvgIpc) is 2.49. The van der Waals surface area contributed by atoms with Gasteiger partial charge in [-0.15, -0.1) is 0 Å². The molecule has 0 spiro atoms. The van der Waals surface area contributed by atoms with Gasteiger partial charge in [0.25, 0.3) is 0 Å². The standard InChI is InChI=1S/C15H13ClFN3O3/c1-3-4-8-11(15(21)22)19-14(20-13(8)18)7-5-6-9(16)12(23-2)10(7)17/h3-6H,1-2H3,(H,21,22)(H2,18,19,20).